The molecule has 82 valence electrons. The van der Waals surface area contributed by atoms with E-state index in [1.807, 2.05) is 6.92 Å². The standard InChI is InChI=1S/C10H14N2O3/c1-7-2-3-9(15-7)12-10(13)8-6-11-4-5-14-8/h2-3,8,11H,4-6H2,1H3,(H,12,13). The second-order valence-corrected chi connectivity index (χ2v) is 3.46. The quantitative estimate of drug-likeness (QED) is 0.746. The Morgan fingerprint density at radius 3 is 3.07 bits per heavy atom. The third kappa shape index (κ3) is 2.57. The summed E-state index contributed by atoms with van der Waals surface area (Å²) in [6.45, 7) is 3.73. The first-order valence-electron chi connectivity index (χ1n) is 4.95. The predicted octanol–water partition coefficient (Wildman–Crippen LogP) is 0.515. The number of hydrogen-bond donors (Lipinski definition) is 2. The number of carbonyl (C=O) groups is 1. The van der Waals surface area contributed by atoms with Crippen LogP contribution in [-0.2, 0) is 9.53 Å². The molecule has 5 heteroatoms. The second kappa shape index (κ2) is 4.46. The smallest absolute Gasteiger partial charge is 0.257 e. The summed E-state index contributed by atoms with van der Waals surface area (Å²) < 4.78 is 10.5. The molecule has 1 atom stereocenters. The summed E-state index contributed by atoms with van der Waals surface area (Å²) in [7, 11) is 0. The Hall–Kier alpha value is -1.33. The first-order chi connectivity index (χ1) is 7.25. The number of anilines is 1. The SMILES string of the molecule is Cc1ccc(NC(=O)C2CNCCO2)o1. The van der Waals surface area contributed by atoms with Gasteiger partial charge in [-0.15, -0.1) is 0 Å². The van der Waals surface area contributed by atoms with Gasteiger partial charge in [0.15, 0.2) is 5.88 Å². The van der Waals surface area contributed by atoms with Gasteiger partial charge in [-0.25, -0.2) is 0 Å². The van der Waals surface area contributed by atoms with Gasteiger partial charge in [-0.3, -0.25) is 10.1 Å². The number of rotatable bonds is 2. The zero-order valence-corrected chi connectivity index (χ0v) is 8.58. The average Bonchev–Trinajstić information content (AvgIpc) is 2.65. The van der Waals surface area contributed by atoms with Crippen LogP contribution < -0.4 is 10.6 Å². The van der Waals surface area contributed by atoms with E-state index in [9.17, 15) is 4.79 Å². The van der Waals surface area contributed by atoms with Crippen LogP contribution in [0.25, 0.3) is 0 Å². The van der Waals surface area contributed by atoms with Gasteiger partial charge in [0, 0.05) is 19.2 Å². The van der Waals surface area contributed by atoms with E-state index < -0.39 is 6.10 Å². The second-order valence-electron chi connectivity index (χ2n) is 3.46. The summed E-state index contributed by atoms with van der Waals surface area (Å²) in [6.07, 6.45) is -0.427. The molecule has 1 unspecified atom stereocenters. The fourth-order valence-corrected chi connectivity index (χ4v) is 1.44. The van der Waals surface area contributed by atoms with Crippen LogP contribution in [0.5, 0.6) is 0 Å². The highest BCUT2D eigenvalue weighted by atomic mass is 16.5. The number of morpholine rings is 1. The molecule has 2 N–H and O–H groups in total. The molecule has 0 saturated carbocycles. The molecule has 5 nitrogen and oxygen atoms in total. The molecule has 1 aromatic rings. The maximum absolute atomic E-state index is 11.6. The summed E-state index contributed by atoms with van der Waals surface area (Å²) in [6, 6.07) is 3.53. The van der Waals surface area contributed by atoms with Crippen LogP contribution in [0.4, 0.5) is 5.88 Å². The first-order valence-corrected chi connectivity index (χ1v) is 4.95. The Balaban J connectivity index is 1.91. The zero-order chi connectivity index (χ0) is 10.7. The molecule has 0 aromatic carbocycles. The van der Waals surface area contributed by atoms with Gasteiger partial charge >= 0.3 is 0 Å². The number of aryl methyl sites for hydroxylation is 1. The number of nitrogens with one attached hydrogen (secondary N) is 2. The Labute approximate surface area is 87.8 Å². The van der Waals surface area contributed by atoms with Gasteiger partial charge in [-0.2, -0.15) is 0 Å². The summed E-state index contributed by atoms with van der Waals surface area (Å²) in [5.41, 5.74) is 0. The van der Waals surface area contributed by atoms with Gasteiger partial charge in [0.25, 0.3) is 5.91 Å². The van der Waals surface area contributed by atoms with Crippen LogP contribution in [0.15, 0.2) is 16.5 Å². The molecule has 0 aliphatic carbocycles. The van der Waals surface area contributed by atoms with E-state index in [-0.39, 0.29) is 5.91 Å². The van der Waals surface area contributed by atoms with Crippen molar-refractivity contribution in [1.29, 1.82) is 0 Å². The van der Waals surface area contributed by atoms with E-state index in [0.29, 0.717) is 19.0 Å². The van der Waals surface area contributed by atoms with E-state index in [1.165, 1.54) is 0 Å². The number of amides is 1. The van der Waals surface area contributed by atoms with Gasteiger partial charge < -0.3 is 14.5 Å². The normalized spacial score (nSPS) is 21.3. The van der Waals surface area contributed by atoms with Crippen molar-refractivity contribution in [1.82, 2.24) is 5.32 Å². The Bertz CT molecular complexity index is 342. The molecule has 2 rings (SSSR count). The molecular formula is C10H14N2O3. The number of hydrogen-bond acceptors (Lipinski definition) is 4. The fourth-order valence-electron chi connectivity index (χ4n) is 1.44. The molecule has 0 radical (unpaired) electrons. The lowest BCUT2D eigenvalue weighted by molar-refractivity contribution is -0.128. The predicted molar refractivity (Wildman–Crippen MR) is 54.7 cm³/mol. The molecule has 1 aliphatic heterocycles. The van der Waals surface area contributed by atoms with E-state index in [0.717, 1.165) is 12.3 Å². The molecule has 15 heavy (non-hydrogen) atoms. The molecule has 1 fully saturated rings. The number of ether oxygens (including phenoxy) is 1. The average molecular weight is 210 g/mol. The van der Waals surface area contributed by atoms with Crippen LogP contribution in [0.3, 0.4) is 0 Å². The first kappa shape index (κ1) is 10.2. The Kier molecular flexibility index (Phi) is 3.03. The van der Waals surface area contributed by atoms with Gasteiger partial charge in [0.2, 0.25) is 0 Å². The van der Waals surface area contributed by atoms with E-state index in [2.05, 4.69) is 10.6 Å². The summed E-state index contributed by atoms with van der Waals surface area (Å²) >= 11 is 0. The summed E-state index contributed by atoms with van der Waals surface area (Å²) in [5, 5.41) is 5.75. The minimum Gasteiger partial charge on any atom is -0.446 e. The van der Waals surface area contributed by atoms with Crippen LogP contribution in [0.1, 0.15) is 5.76 Å². The third-order valence-electron chi connectivity index (χ3n) is 2.21. The van der Waals surface area contributed by atoms with Crippen molar-refractivity contribution in [3.63, 3.8) is 0 Å². The lowest BCUT2D eigenvalue weighted by Gasteiger charge is -2.22. The zero-order valence-electron chi connectivity index (χ0n) is 8.58. The molecule has 2 heterocycles. The lowest BCUT2D eigenvalue weighted by Crippen LogP contribution is -2.45. The molecule has 1 aromatic heterocycles. The highest BCUT2D eigenvalue weighted by molar-refractivity contribution is 5.93. The molecule has 1 saturated heterocycles. The molecule has 1 amide bonds. The van der Waals surface area contributed by atoms with E-state index in [1.54, 1.807) is 12.1 Å². The fraction of sp³-hybridized carbons (Fsp3) is 0.500. The van der Waals surface area contributed by atoms with Crippen LogP contribution in [-0.4, -0.2) is 31.7 Å². The van der Waals surface area contributed by atoms with Crippen LogP contribution in [0.2, 0.25) is 0 Å². The monoisotopic (exact) mass is 210 g/mol. The maximum Gasteiger partial charge on any atom is 0.257 e. The van der Waals surface area contributed by atoms with Crippen LogP contribution >= 0.6 is 0 Å². The minimum absolute atomic E-state index is 0.170. The molecule has 1 aliphatic rings. The Morgan fingerprint density at radius 1 is 1.60 bits per heavy atom. The van der Waals surface area contributed by atoms with Crippen molar-refractivity contribution in [2.45, 2.75) is 13.0 Å². The van der Waals surface area contributed by atoms with Gasteiger partial charge in [-0.05, 0) is 13.0 Å². The summed E-state index contributed by atoms with van der Waals surface area (Å²) in [4.78, 5) is 11.6. The van der Waals surface area contributed by atoms with Gasteiger partial charge in [-0.1, -0.05) is 0 Å². The number of furan rings is 1. The topological polar surface area (TPSA) is 63.5 Å². The third-order valence-corrected chi connectivity index (χ3v) is 2.21. The van der Waals surface area contributed by atoms with Crippen molar-refractivity contribution in [2.24, 2.45) is 0 Å². The van der Waals surface area contributed by atoms with Crippen molar-refractivity contribution < 1.29 is 13.9 Å². The minimum atomic E-state index is -0.427. The van der Waals surface area contributed by atoms with E-state index in [4.69, 9.17) is 9.15 Å². The molecular weight excluding hydrogens is 196 g/mol. The maximum atomic E-state index is 11.6. The van der Waals surface area contributed by atoms with Crippen molar-refractivity contribution in [2.75, 3.05) is 25.0 Å². The van der Waals surface area contributed by atoms with E-state index >= 15 is 0 Å². The highest BCUT2D eigenvalue weighted by Gasteiger charge is 2.22. The van der Waals surface area contributed by atoms with Gasteiger partial charge in [0.05, 0.1) is 6.61 Å². The van der Waals surface area contributed by atoms with Crippen molar-refractivity contribution in [3.05, 3.63) is 17.9 Å². The molecule has 0 bridgehead atoms. The largest absolute Gasteiger partial charge is 0.446 e. The van der Waals surface area contributed by atoms with Crippen molar-refractivity contribution in [3.8, 4) is 0 Å². The number of carbonyl (C=O) groups excluding carboxylic acids is 1. The highest BCUT2D eigenvalue weighted by Crippen LogP contribution is 2.12. The van der Waals surface area contributed by atoms with Crippen molar-refractivity contribution >= 4 is 11.8 Å². The van der Waals surface area contributed by atoms with Gasteiger partial charge in [0.1, 0.15) is 11.9 Å². The molecule has 0 spiro atoms. The summed E-state index contributed by atoms with van der Waals surface area (Å²) in [5.74, 6) is 1.07. The lowest BCUT2D eigenvalue weighted by atomic mass is 10.3. The Morgan fingerprint density at radius 2 is 2.47 bits per heavy atom. The van der Waals surface area contributed by atoms with Crippen LogP contribution in [0, 0.1) is 6.92 Å².